The second kappa shape index (κ2) is 13.6. The molecule has 2 aromatic rings. The number of ether oxygens (including phenoxy) is 5. The Morgan fingerprint density at radius 3 is 2.19 bits per heavy atom. The molecule has 192 valence electrons. The van der Waals surface area contributed by atoms with E-state index in [2.05, 4.69) is 22.6 Å². The molecule has 0 spiro atoms. The first-order chi connectivity index (χ1) is 17.1. The van der Waals surface area contributed by atoms with Gasteiger partial charge in [0, 0.05) is 6.08 Å². The third kappa shape index (κ3) is 9.57. The zero-order chi connectivity index (χ0) is 26.6. The van der Waals surface area contributed by atoms with Gasteiger partial charge >= 0.3 is 18.3 Å². The predicted molar refractivity (Wildman–Crippen MR) is 125 cm³/mol. The molecule has 0 bridgehead atoms. The van der Waals surface area contributed by atoms with Crippen LogP contribution in [-0.2, 0) is 19.1 Å². The third-order valence-corrected chi connectivity index (χ3v) is 4.42. The van der Waals surface area contributed by atoms with Crippen LogP contribution in [0.5, 0.6) is 17.2 Å². The molecule has 0 saturated carbocycles. The van der Waals surface area contributed by atoms with Crippen LogP contribution in [0.4, 0.5) is 13.2 Å². The van der Waals surface area contributed by atoms with E-state index in [0.29, 0.717) is 17.1 Å². The zero-order valence-electron chi connectivity index (χ0n) is 19.5. The normalized spacial score (nSPS) is 11.9. The quantitative estimate of drug-likeness (QED) is 0.199. The Kier molecular flexibility index (Phi) is 10.6. The minimum absolute atomic E-state index is 0.238. The summed E-state index contributed by atoms with van der Waals surface area (Å²) in [4.78, 5) is 24.3. The van der Waals surface area contributed by atoms with E-state index in [9.17, 15) is 22.8 Å². The molecule has 0 amide bonds. The molecule has 7 nitrogen and oxygen atoms in total. The molecular weight excluding hydrogens is 481 g/mol. The Morgan fingerprint density at radius 2 is 1.61 bits per heavy atom. The summed E-state index contributed by atoms with van der Waals surface area (Å²) in [5, 5.41) is 0. The third-order valence-electron chi connectivity index (χ3n) is 4.42. The first-order valence-corrected chi connectivity index (χ1v) is 10.6. The summed E-state index contributed by atoms with van der Waals surface area (Å²) in [5.74, 6) is -1.01. The fraction of sp³-hybridized carbons (Fsp3) is 0.231. The summed E-state index contributed by atoms with van der Waals surface area (Å²) in [7, 11) is 1.16. The smallest absolute Gasteiger partial charge is 0.486 e. The lowest BCUT2D eigenvalue weighted by Crippen LogP contribution is -2.17. The van der Waals surface area contributed by atoms with Gasteiger partial charge in [0.05, 0.1) is 13.5 Å². The SMILES string of the molecule is C=CCOc1ccc(/C=C/C(=O)OC(CC(=O)OC)c2ccc(OC(F)(F)F)cc2)cc1OCC=C. The zero-order valence-corrected chi connectivity index (χ0v) is 19.5. The maximum absolute atomic E-state index is 12.5. The number of carbonyl (C=O) groups excluding carboxylic acids is 2. The van der Waals surface area contributed by atoms with Crippen molar-refractivity contribution in [3.8, 4) is 17.2 Å². The number of hydrogen-bond donors (Lipinski definition) is 0. The molecule has 0 heterocycles. The average molecular weight is 506 g/mol. The Bertz CT molecular complexity index is 1080. The number of methoxy groups -OCH3 is 1. The highest BCUT2D eigenvalue weighted by atomic mass is 19.4. The van der Waals surface area contributed by atoms with Gasteiger partial charge in [0.25, 0.3) is 0 Å². The number of benzene rings is 2. The van der Waals surface area contributed by atoms with Crippen LogP contribution in [0.15, 0.2) is 73.9 Å². The van der Waals surface area contributed by atoms with Gasteiger partial charge in [-0.3, -0.25) is 4.79 Å². The van der Waals surface area contributed by atoms with E-state index in [0.717, 1.165) is 25.3 Å². The van der Waals surface area contributed by atoms with Crippen molar-refractivity contribution in [1.29, 1.82) is 0 Å². The van der Waals surface area contributed by atoms with Gasteiger partial charge in [-0.2, -0.15) is 0 Å². The molecule has 36 heavy (non-hydrogen) atoms. The number of carbonyl (C=O) groups is 2. The number of esters is 2. The van der Waals surface area contributed by atoms with E-state index in [1.54, 1.807) is 30.4 Å². The second-order valence-corrected chi connectivity index (χ2v) is 7.06. The van der Waals surface area contributed by atoms with Crippen LogP contribution in [0.3, 0.4) is 0 Å². The van der Waals surface area contributed by atoms with Crippen molar-refractivity contribution in [3.05, 3.63) is 85.0 Å². The maximum atomic E-state index is 12.5. The van der Waals surface area contributed by atoms with E-state index in [4.69, 9.17) is 14.2 Å². The van der Waals surface area contributed by atoms with Gasteiger partial charge in [-0.1, -0.05) is 43.5 Å². The largest absolute Gasteiger partial charge is 0.573 e. The first kappa shape index (κ1) is 28.0. The molecule has 1 atom stereocenters. The molecular formula is C26H25F3O7. The minimum Gasteiger partial charge on any atom is -0.486 e. The molecule has 2 aromatic carbocycles. The molecule has 2 rings (SSSR count). The fourth-order valence-electron chi connectivity index (χ4n) is 2.85. The summed E-state index contributed by atoms with van der Waals surface area (Å²) in [6.07, 6.45) is -0.529. The highest BCUT2D eigenvalue weighted by Gasteiger charge is 2.31. The number of halogens is 3. The lowest BCUT2D eigenvalue weighted by molar-refractivity contribution is -0.274. The van der Waals surface area contributed by atoms with Gasteiger partial charge in [0.1, 0.15) is 25.1 Å². The van der Waals surface area contributed by atoms with Crippen molar-refractivity contribution in [2.24, 2.45) is 0 Å². The average Bonchev–Trinajstić information content (AvgIpc) is 2.84. The standard InChI is InChI=1S/C26H25F3O7/c1-4-14-33-21-12-6-18(16-23(21)34-15-5-2)7-13-24(30)35-22(17-25(31)32-3)19-8-10-20(11-9-19)36-26(27,28)29/h4-13,16,22H,1-2,14-15,17H2,3H3/b13-7+. The lowest BCUT2D eigenvalue weighted by atomic mass is 10.1. The lowest BCUT2D eigenvalue weighted by Gasteiger charge is -2.17. The van der Waals surface area contributed by atoms with E-state index in [1.807, 2.05) is 0 Å². The molecule has 0 radical (unpaired) electrons. The van der Waals surface area contributed by atoms with E-state index in [1.165, 1.54) is 18.2 Å². The maximum Gasteiger partial charge on any atom is 0.573 e. The van der Waals surface area contributed by atoms with Crippen molar-refractivity contribution in [2.45, 2.75) is 18.9 Å². The molecule has 0 aliphatic heterocycles. The Labute approximate surface area is 206 Å². The summed E-state index contributed by atoms with van der Waals surface area (Å²) >= 11 is 0. The molecule has 0 aliphatic rings. The summed E-state index contributed by atoms with van der Waals surface area (Å²) in [5.41, 5.74) is 0.871. The van der Waals surface area contributed by atoms with Crippen LogP contribution in [0.2, 0.25) is 0 Å². The van der Waals surface area contributed by atoms with Gasteiger partial charge in [0.2, 0.25) is 0 Å². The Balaban J connectivity index is 2.17. The van der Waals surface area contributed by atoms with E-state index in [-0.39, 0.29) is 25.2 Å². The molecule has 0 saturated heterocycles. The molecule has 10 heteroatoms. The number of rotatable bonds is 13. The van der Waals surface area contributed by atoms with Gasteiger partial charge in [-0.15, -0.1) is 13.2 Å². The molecule has 1 unspecified atom stereocenters. The van der Waals surface area contributed by atoms with Crippen LogP contribution >= 0.6 is 0 Å². The van der Waals surface area contributed by atoms with Crippen LogP contribution in [0.1, 0.15) is 23.7 Å². The summed E-state index contributed by atoms with van der Waals surface area (Å²) in [6.45, 7) is 7.71. The van der Waals surface area contributed by atoms with Gasteiger partial charge in [-0.05, 0) is 41.5 Å². The van der Waals surface area contributed by atoms with Crippen molar-refractivity contribution in [2.75, 3.05) is 20.3 Å². The number of hydrogen-bond acceptors (Lipinski definition) is 7. The highest BCUT2D eigenvalue weighted by molar-refractivity contribution is 5.87. The van der Waals surface area contributed by atoms with Crippen LogP contribution in [0, 0.1) is 0 Å². The Hall–Kier alpha value is -4.21. The minimum atomic E-state index is -4.85. The monoisotopic (exact) mass is 506 g/mol. The van der Waals surface area contributed by atoms with E-state index < -0.39 is 30.2 Å². The van der Waals surface area contributed by atoms with Crippen molar-refractivity contribution < 1.29 is 46.4 Å². The van der Waals surface area contributed by atoms with Crippen molar-refractivity contribution >= 4 is 18.0 Å². The Morgan fingerprint density at radius 1 is 0.972 bits per heavy atom. The van der Waals surface area contributed by atoms with Gasteiger partial charge < -0.3 is 23.7 Å². The first-order valence-electron chi connectivity index (χ1n) is 10.6. The van der Waals surface area contributed by atoms with Crippen LogP contribution in [0.25, 0.3) is 6.08 Å². The predicted octanol–water partition coefficient (Wildman–Crippen LogP) is 5.58. The second-order valence-electron chi connectivity index (χ2n) is 7.06. The van der Waals surface area contributed by atoms with Crippen LogP contribution < -0.4 is 14.2 Å². The van der Waals surface area contributed by atoms with Gasteiger partial charge in [-0.25, -0.2) is 4.79 Å². The number of alkyl halides is 3. The molecule has 0 N–H and O–H groups in total. The topological polar surface area (TPSA) is 80.3 Å². The van der Waals surface area contributed by atoms with Gasteiger partial charge in [0.15, 0.2) is 11.5 Å². The summed E-state index contributed by atoms with van der Waals surface area (Å²) < 4.78 is 62.1. The summed E-state index contributed by atoms with van der Waals surface area (Å²) in [6, 6.07) is 9.63. The van der Waals surface area contributed by atoms with E-state index >= 15 is 0 Å². The van der Waals surface area contributed by atoms with Crippen LogP contribution in [-0.4, -0.2) is 38.6 Å². The molecule has 0 aliphatic carbocycles. The highest BCUT2D eigenvalue weighted by Crippen LogP contribution is 2.30. The fourth-order valence-corrected chi connectivity index (χ4v) is 2.85. The molecule has 0 aromatic heterocycles. The van der Waals surface area contributed by atoms with Crippen molar-refractivity contribution in [1.82, 2.24) is 0 Å². The molecule has 0 fully saturated rings. The van der Waals surface area contributed by atoms with Crippen molar-refractivity contribution in [3.63, 3.8) is 0 Å².